The predicted molar refractivity (Wildman–Crippen MR) is 93.9 cm³/mol. The molecular formula is C17H10ClFN4O5. The Kier molecular flexibility index (Phi) is 5.32. The summed E-state index contributed by atoms with van der Waals surface area (Å²) < 4.78 is 18.5. The van der Waals surface area contributed by atoms with Gasteiger partial charge in [0.05, 0.1) is 5.69 Å². The second-order valence-electron chi connectivity index (χ2n) is 5.27. The molecule has 0 radical (unpaired) electrons. The summed E-state index contributed by atoms with van der Waals surface area (Å²) >= 11 is 6.01. The molecule has 2 aromatic heterocycles. The quantitative estimate of drug-likeness (QED) is 0.564. The van der Waals surface area contributed by atoms with Gasteiger partial charge in [0.25, 0.3) is 5.91 Å². The maximum absolute atomic E-state index is 13.2. The lowest BCUT2D eigenvalue weighted by molar-refractivity contribution is 0.0940. The molecule has 9 nitrogen and oxygen atoms in total. The zero-order valence-electron chi connectivity index (χ0n) is 13.8. The highest BCUT2D eigenvalue weighted by atomic mass is 35.5. The number of aromatic hydroxyl groups is 1. The fraction of sp³-hybridized carbons (Fsp3) is 0. The molecule has 0 saturated heterocycles. The first-order valence-electron chi connectivity index (χ1n) is 7.55. The summed E-state index contributed by atoms with van der Waals surface area (Å²) in [5, 5.41) is 27.6. The van der Waals surface area contributed by atoms with Gasteiger partial charge in [-0.05, 0) is 24.3 Å². The van der Waals surface area contributed by atoms with Crippen molar-refractivity contribution in [1.29, 1.82) is 0 Å². The monoisotopic (exact) mass is 404 g/mol. The average molecular weight is 405 g/mol. The fourth-order valence-corrected chi connectivity index (χ4v) is 2.39. The Morgan fingerprint density at radius 1 is 1.14 bits per heavy atom. The number of carbonyl (C=O) groups is 2. The van der Waals surface area contributed by atoms with E-state index in [0.717, 1.165) is 6.07 Å². The number of carboxylic acid groups (broad SMARTS) is 1. The van der Waals surface area contributed by atoms with Gasteiger partial charge in [-0.25, -0.2) is 14.2 Å². The van der Waals surface area contributed by atoms with Crippen LogP contribution in [-0.2, 0) is 0 Å². The van der Waals surface area contributed by atoms with Gasteiger partial charge in [0.2, 0.25) is 5.88 Å². The Bertz CT molecular complexity index is 1060. The van der Waals surface area contributed by atoms with Crippen molar-refractivity contribution in [3.05, 3.63) is 59.1 Å². The lowest BCUT2D eigenvalue weighted by atomic mass is 10.1. The van der Waals surface area contributed by atoms with E-state index in [-0.39, 0.29) is 28.0 Å². The van der Waals surface area contributed by atoms with Gasteiger partial charge in [-0.1, -0.05) is 17.7 Å². The van der Waals surface area contributed by atoms with Crippen LogP contribution in [0.1, 0.15) is 10.5 Å². The van der Waals surface area contributed by atoms with E-state index >= 15 is 0 Å². The number of carbonyl (C=O) groups excluding carboxylic acids is 1. The summed E-state index contributed by atoms with van der Waals surface area (Å²) in [6.45, 7) is 0. The smallest absolute Gasteiger partial charge is 0.411 e. The van der Waals surface area contributed by atoms with E-state index in [1.54, 1.807) is 11.4 Å². The summed E-state index contributed by atoms with van der Waals surface area (Å²) in [4.78, 5) is 25.9. The molecule has 3 aromatic rings. The van der Waals surface area contributed by atoms with Crippen LogP contribution in [0.2, 0.25) is 5.15 Å². The zero-order chi connectivity index (χ0) is 20.3. The van der Waals surface area contributed by atoms with Crippen LogP contribution in [0, 0.1) is 5.82 Å². The first-order valence-corrected chi connectivity index (χ1v) is 7.92. The topological polar surface area (TPSA) is 135 Å². The SMILES string of the molecule is O=C(O)NC(=O)c1nc(Cl)c(-c2ccc(Oc3cccc(F)c3)nn2)cc1O. The highest BCUT2D eigenvalue weighted by Crippen LogP contribution is 2.31. The van der Waals surface area contributed by atoms with Crippen LogP contribution in [0.4, 0.5) is 9.18 Å². The molecule has 2 amide bonds. The molecule has 0 atom stereocenters. The minimum atomic E-state index is -1.61. The molecule has 28 heavy (non-hydrogen) atoms. The van der Waals surface area contributed by atoms with E-state index in [0.29, 0.717) is 0 Å². The molecule has 0 aliphatic carbocycles. The van der Waals surface area contributed by atoms with Gasteiger partial charge in [0, 0.05) is 17.7 Å². The Morgan fingerprint density at radius 3 is 2.57 bits per heavy atom. The summed E-state index contributed by atoms with van der Waals surface area (Å²) in [6.07, 6.45) is -1.61. The Hall–Kier alpha value is -3.79. The molecule has 0 unspecified atom stereocenters. The second-order valence-corrected chi connectivity index (χ2v) is 5.63. The minimum Gasteiger partial charge on any atom is -0.505 e. The molecule has 142 valence electrons. The van der Waals surface area contributed by atoms with Crippen molar-refractivity contribution in [3.63, 3.8) is 0 Å². The summed E-state index contributed by atoms with van der Waals surface area (Å²) in [6, 6.07) is 9.45. The third-order valence-corrected chi connectivity index (χ3v) is 3.61. The Labute approximate surface area is 161 Å². The van der Waals surface area contributed by atoms with E-state index in [1.165, 1.54) is 30.3 Å². The standard InChI is InChI=1S/C17H10ClFN4O5/c18-15-10(7-12(24)14(20-15)16(25)21-17(26)27)11-4-5-13(23-22-11)28-9-3-1-2-8(19)6-9/h1-7,24H,(H,21,25)(H,26,27). The molecule has 3 rings (SSSR count). The maximum Gasteiger partial charge on any atom is 0.411 e. The van der Waals surface area contributed by atoms with Crippen LogP contribution in [0.3, 0.4) is 0 Å². The number of imide groups is 1. The number of amides is 2. The lowest BCUT2D eigenvalue weighted by Crippen LogP contribution is -2.29. The maximum atomic E-state index is 13.2. The molecule has 0 aliphatic rings. The van der Waals surface area contributed by atoms with Crippen molar-refractivity contribution in [3.8, 4) is 28.6 Å². The van der Waals surface area contributed by atoms with E-state index in [2.05, 4.69) is 15.2 Å². The Morgan fingerprint density at radius 2 is 1.93 bits per heavy atom. The van der Waals surface area contributed by atoms with Crippen molar-refractivity contribution in [2.45, 2.75) is 0 Å². The molecule has 0 fully saturated rings. The molecule has 0 spiro atoms. The number of halogens is 2. The fourth-order valence-electron chi connectivity index (χ4n) is 2.15. The normalized spacial score (nSPS) is 10.4. The molecule has 3 N–H and O–H groups in total. The second kappa shape index (κ2) is 7.84. The van der Waals surface area contributed by atoms with Crippen molar-refractivity contribution >= 4 is 23.6 Å². The van der Waals surface area contributed by atoms with Gasteiger partial charge in [-0.15, -0.1) is 10.2 Å². The van der Waals surface area contributed by atoms with Gasteiger partial charge in [-0.3, -0.25) is 10.1 Å². The van der Waals surface area contributed by atoms with Crippen LogP contribution in [-0.4, -0.2) is 37.4 Å². The van der Waals surface area contributed by atoms with E-state index in [1.807, 2.05) is 0 Å². The largest absolute Gasteiger partial charge is 0.505 e. The van der Waals surface area contributed by atoms with Gasteiger partial charge in [-0.2, -0.15) is 0 Å². The van der Waals surface area contributed by atoms with Crippen LogP contribution in [0.5, 0.6) is 17.4 Å². The minimum absolute atomic E-state index is 0.0834. The number of nitrogens with one attached hydrogen (secondary N) is 1. The number of rotatable bonds is 4. The van der Waals surface area contributed by atoms with E-state index in [9.17, 15) is 19.1 Å². The number of benzene rings is 1. The van der Waals surface area contributed by atoms with Crippen molar-refractivity contribution in [1.82, 2.24) is 20.5 Å². The zero-order valence-corrected chi connectivity index (χ0v) is 14.5. The third-order valence-electron chi connectivity index (χ3n) is 3.33. The first kappa shape index (κ1) is 19.0. The molecule has 0 bridgehead atoms. The highest BCUT2D eigenvalue weighted by Gasteiger charge is 2.20. The van der Waals surface area contributed by atoms with Crippen molar-refractivity contribution < 1.29 is 28.9 Å². The molecule has 2 heterocycles. The van der Waals surface area contributed by atoms with Crippen LogP contribution in [0.25, 0.3) is 11.3 Å². The first-order chi connectivity index (χ1) is 13.3. The summed E-state index contributed by atoms with van der Waals surface area (Å²) in [5.41, 5.74) is -0.212. The van der Waals surface area contributed by atoms with Crippen molar-refractivity contribution in [2.75, 3.05) is 0 Å². The summed E-state index contributed by atoms with van der Waals surface area (Å²) in [7, 11) is 0. The van der Waals surface area contributed by atoms with Gasteiger partial charge < -0.3 is 14.9 Å². The average Bonchev–Trinajstić information content (AvgIpc) is 2.63. The predicted octanol–water partition coefficient (Wildman–Crippen LogP) is 3.24. The molecular weight excluding hydrogens is 395 g/mol. The Balaban J connectivity index is 1.84. The van der Waals surface area contributed by atoms with E-state index in [4.69, 9.17) is 21.4 Å². The molecule has 0 aliphatic heterocycles. The van der Waals surface area contributed by atoms with Gasteiger partial charge in [0.1, 0.15) is 22.5 Å². The van der Waals surface area contributed by atoms with Gasteiger partial charge in [0.15, 0.2) is 5.69 Å². The number of nitrogens with zero attached hydrogens (tertiary/aromatic N) is 3. The van der Waals surface area contributed by atoms with Crippen LogP contribution < -0.4 is 10.1 Å². The highest BCUT2D eigenvalue weighted by molar-refractivity contribution is 6.32. The van der Waals surface area contributed by atoms with Gasteiger partial charge >= 0.3 is 6.09 Å². The number of hydrogen-bond donors (Lipinski definition) is 3. The number of hydrogen-bond acceptors (Lipinski definition) is 7. The summed E-state index contributed by atoms with van der Waals surface area (Å²) in [5.74, 6) is -1.89. The molecule has 11 heteroatoms. The van der Waals surface area contributed by atoms with Crippen molar-refractivity contribution in [2.24, 2.45) is 0 Å². The number of aromatic nitrogens is 3. The molecule has 1 aromatic carbocycles. The third kappa shape index (κ3) is 4.30. The number of ether oxygens (including phenoxy) is 1. The molecule has 0 saturated carbocycles. The van der Waals surface area contributed by atoms with Crippen LogP contribution in [0.15, 0.2) is 42.5 Å². The van der Waals surface area contributed by atoms with E-state index < -0.39 is 29.3 Å². The lowest BCUT2D eigenvalue weighted by Gasteiger charge is -2.08. The number of pyridine rings is 1. The van der Waals surface area contributed by atoms with Crippen LogP contribution >= 0.6 is 11.6 Å².